The summed E-state index contributed by atoms with van der Waals surface area (Å²) in [6.07, 6.45) is 5.86. The molecule has 2 heterocycles. The molecule has 2 saturated heterocycles. The molecule has 1 aliphatic carbocycles. The maximum absolute atomic E-state index is 12.0. The monoisotopic (exact) mass is 265 g/mol. The number of carbonyl (C=O) groups is 2. The topological polar surface area (TPSA) is 75.6 Å². The van der Waals surface area contributed by atoms with E-state index in [9.17, 15) is 14.7 Å². The van der Waals surface area contributed by atoms with Crippen LogP contribution in [0.2, 0.25) is 0 Å². The quantitative estimate of drug-likeness (QED) is 0.564. The average Bonchev–Trinajstić information content (AvgIpc) is 2.57. The molecule has 104 valence electrons. The summed E-state index contributed by atoms with van der Waals surface area (Å²) in [6, 6.07) is 0. The van der Waals surface area contributed by atoms with Crippen molar-refractivity contribution in [2.24, 2.45) is 11.8 Å². The average molecular weight is 265 g/mol. The second-order valence-corrected chi connectivity index (χ2v) is 5.98. The van der Waals surface area contributed by atoms with E-state index in [1.165, 1.54) is 0 Å². The Morgan fingerprint density at radius 1 is 1.53 bits per heavy atom. The van der Waals surface area contributed by atoms with Gasteiger partial charge in [0.15, 0.2) is 5.60 Å². The van der Waals surface area contributed by atoms with Gasteiger partial charge in [-0.1, -0.05) is 12.2 Å². The Bertz CT molecular complexity index is 474. The minimum atomic E-state index is -1.27. The van der Waals surface area contributed by atoms with Gasteiger partial charge >= 0.3 is 5.97 Å². The molecule has 1 amide bonds. The summed E-state index contributed by atoms with van der Waals surface area (Å²) in [4.78, 5) is 23.9. The number of fused-ring (bicyclic) bond motifs is 1. The first-order valence-corrected chi connectivity index (χ1v) is 6.83. The Labute approximate surface area is 112 Å². The lowest BCUT2D eigenvalue weighted by Gasteiger charge is -2.54. The van der Waals surface area contributed by atoms with Crippen molar-refractivity contribution < 1.29 is 19.4 Å². The van der Waals surface area contributed by atoms with E-state index in [0.29, 0.717) is 0 Å². The fourth-order valence-electron chi connectivity index (χ4n) is 3.58. The Morgan fingerprint density at radius 3 is 2.79 bits per heavy atom. The summed E-state index contributed by atoms with van der Waals surface area (Å²) >= 11 is 0. The van der Waals surface area contributed by atoms with Crippen LogP contribution in [0, 0.1) is 11.8 Å². The first kappa shape index (κ1) is 12.7. The number of nitrogens with one attached hydrogen (secondary N) is 1. The molecule has 19 heavy (non-hydrogen) atoms. The predicted octanol–water partition coefficient (Wildman–Crippen LogP) is 0.524. The van der Waals surface area contributed by atoms with Gasteiger partial charge in [0.05, 0.1) is 12.0 Å². The van der Waals surface area contributed by atoms with E-state index in [4.69, 9.17) is 4.74 Å². The SMILES string of the molecule is C[C@H]1C(=O)N[C@@]2(C(O)[C@@H]3C=CCCC3)C(=O)O[C@@]12C. The Balaban J connectivity index is 1.97. The van der Waals surface area contributed by atoms with Crippen LogP contribution >= 0.6 is 0 Å². The molecule has 0 aromatic rings. The van der Waals surface area contributed by atoms with Crippen molar-refractivity contribution in [1.82, 2.24) is 5.32 Å². The summed E-state index contributed by atoms with van der Waals surface area (Å²) in [5.41, 5.74) is -2.21. The molecule has 1 unspecified atom stereocenters. The third-order valence-corrected chi connectivity index (χ3v) is 5.09. The summed E-state index contributed by atoms with van der Waals surface area (Å²) in [5.74, 6) is -1.29. The number of allylic oxidation sites excluding steroid dienone is 1. The largest absolute Gasteiger partial charge is 0.453 e. The zero-order valence-corrected chi connectivity index (χ0v) is 11.2. The van der Waals surface area contributed by atoms with Gasteiger partial charge < -0.3 is 15.2 Å². The van der Waals surface area contributed by atoms with Gasteiger partial charge in [0, 0.05) is 5.92 Å². The van der Waals surface area contributed by atoms with Crippen molar-refractivity contribution in [3.63, 3.8) is 0 Å². The number of aliphatic hydroxyl groups excluding tert-OH is 1. The predicted molar refractivity (Wildman–Crippen MR) is 67.0 cm³/mol. The van der Waals surface area contributed by atoms with Gasteiger partial charge in [-0.15, -0.1) is 0 Å². The lowest BCUT2D eigenvalue weighted by Crippen LogP contribution is -2.79. The molecule has 5 nitrogen and oxygen atoms in total. The molecule has 3 aliphatic rings. The maximum Gasteiger partial charge on any atom is 0.339 e. The molecule has 0 bridgehead atoms. The standard InChI is InChI=1S/C14H19NO4/c1-8-11(17)15-14(12(18)19-13(8,14)2)10(16)9-6-4-3-5-7-9/h4,6,8-10,16H,3,5,7H2,1-2H3,(H,15,17)/t8-,9+,10?,13-,14-/m0/s1. The van der Waals surface area contributed by atoms with Crippen LogP contribution in [0.1, 0.15) is 33.1 Å². The normalized spacial score (nSPS) is 46.1. The number of carbonyl (C=O) groups excluding carboxylic acids is 2. The Kier molecular flexibility index (Phi) is 2.55. The van der Waals surface area contributed by atoms with Crippen LogP contribution in [-0.2, 0) is 14.3 Å². The first-order valence-electron chi connectivity index (χ1n) is 6.83. The molecule has 0 radical (unpaired) electrons. The van der Waals surface area contributed by atoms with Gasteiger partial charge in [0.1, 0.15) is 0 Å². The number of hydrogen-bond acceptors (Lipinski definition) is 4. The lowest BCUT2D eigenvalue weighted by molar-refractivity contribution is -0.237. The summed E-state index contributed by atoms with van der Waals surface area (Å²) < 4.78 is 5.24. The van der Waals surface area contributed by atoms with Gasteiger partial charge in [0.2, 0.25) is 11.4 Å². The smallest absolute Gasteiger partial charge is 0.339 e. The molecule has 0 saturated carbocycles. The third kappa shape index (κ3) is 1.34. The van der Waals surface area contributed by atoms with Crippen molar-refractivity contribution in [3.8, 4) is 0 Å². The fraction of sp³-hybridized carbons (Fsp3) is 0.714. The molecule has 0 spiro atoms. The van der Waals surface area contributed by atoms with Gasteiger partial charge in [0.25, 0.3) is 0 Å². The number of aliphatic hydroxyl groups is 1. The van der Waals surface area contributed by atoms with E-state index in [1.807, 2.05) is 12.2 Å². The van der Waals surface area contributed by atoms with E-state index in [1.54, 1.807) is 13.8 Å². The molecule has 5 atom stereocenters. The van der Waals surface area contributed by atoms with Crippen LogP contribution in [-0.4, -0.2) is 34.2 Å². The molecule has 0 aromatic heterocycles. The number of ether oxygens (including phenoxy) is 1. The number of esters is 1. The number of hydrogen-bond donors (Lipinski definition) is 2. The highest BCUT2D eigenvalue weighted by Gasteiger charge is 2.78. The van der Waals surface area contributed by atoms with Crippen molar-refractivity contribution >= 4 is 11.9 Å². The molecular weight excluding hydrogens is 246 g/mol. The second kappa shape index (κ2) is 3.82. The summed E-state index contributed by atoms with van der Waals surface area (Å²) in [6.45, 7) is 3.46. The van der Waals surface area contributed by atoms with E-state index in [0.717, 1.165) is 19.3 Å². The molecule has 3 rings (SSSR count). The molecule has 5 heteroatoms. The Hall–Kier alpha value is -1.36. The van der Waals surface area contributed by atoms with Crippen LogP contribution in [0.4, 0.5) is 0 Å². The molecule has 2 aliphatic heterocycles. The van der Waals surface area contributed by atoms with Gasteiger partial charge in [-0.05, 0) is 33.1 Å². The second-order valence-electron chi connectivity index (χ2n) is 5.98. The number of amides is 1. The van der Waals surface area contributed by atoms with Gasteiger partial charge in [-0.3, -0.25) is 4.79 Å². The lowest BCUT2D eigenvalue weighted by atomic mass is 9.65. The zero-order chi connectivity index (χ0) is 13.8. The molecular formula is C14H19NO4. The van der Waals surface area contributed by atoms with Crippen LogP contribution in [0.5, 0.6) is 0 Å². The Morgan fingerprint density at radius 2 is 2.26 bits per heavy atom. The number of rotatable bonds is 2. The van der Waals surface area contributed by atoms with Crippen LogP contribution in [0.3, 0.4) is 0 Å². The van der Waals surface area contributed by atoms with E-state index in [-0.39, 0.29) is 11.8 Å². The molecule has 2 fully saturated rings. The van der Waals surface area contributed by atoms with Crippen LogP contribution in [0.15, 0.2) is 12.2 Å². The summed E-state index contributed by atoms with van der Waals surface area (Å²) in [7, 11) is 0. The summed E-state index contributed by atoms with van der Waals surface area (Å²) in [5, 5.41) is 13.4. The maximum atomic E-state index is 12.0. The van der Waals surface area contributed by atoms with Crippen molar-refractivity contribution in [2.45, 2.75) is 50.4 Å². The highest BCUT2D eigenvalue weighted by atomic mass is 16.6. The first-order chi connectivity index (χ1) is 8.93. The van der Waals surface area contributed by atoms with Crippen LogP contribution in [0.25, 0.3) is 0 Å². The molecule has 0 aromatic carbocycles. The third-order valence-electron chi connectivity index (χ3n) is 5.09. The minimum absolute atomic E-state index is 0.105. The fourth-order valence-corrected chi connectivity index (χ4v) is 3.58. The van der Waals surface area contributed by atoms with Crippen molar-refractivity contribution in [3.05, 3.63) is 12.2 Å². The highest BCUT2D eigenvalue weighted by molar-refractivity contribution is 6.01. The van der Waals surface area contributed by atoms with Gasteiger partial charge in [-0.2, -0.15) is 0 Å². The highest BCUT2D eigenvalue weighted by Crippen LogP contribution is 2.52. The van der Waals surface area contributed by atoms with Gasteiger partial charge in [-0.25, -0.2) is 4.79 Å². The van der Waals surface area contributed by atoms with Crippen molar-refractivity contribution in [1.29, 1.82) is 0 Å². The molecule has 2 N–H and O–H groups in total. The zero-order valence-electron chi connectivity index (χ0n) is 11.2. The minimum Gasteiger partial charge on any atom is -0.453 e. The van der Waals surface area contributed by atoms with E-state index >= 15 is 0 Å². The van der Waals surface area contributed by atoms with Crippen molar-refractivity contribution in [2.75, 3.05) is 0 Å². The van der Waals surface area contributed by atoms with E-state index in [2.05, 4.69) is 5.32 Å². The van der Waals surface area contributed by atoms with Crippen LogP contribution < -0.4 is 5.32 Å². The van der Waals surface area contributed by atoms with E-state index < -0.39 is 29.1 Å².